The van der Waals surface area contributed by atoms with Gasteiger partial charge in [-0.2, -0.15) is 18.2 Å². The molecule has 0 aliphatic carbocycles. The molecule has 0 aromatic carbocycles. The molecule has 1 unspecified atom stereocenters. The van der Waals surface area contributed by atoms with E-state index in [1.54, 1.807) is 6.07 Å². The van der Waals surface area contributed by atoms with Gasteiger partial charge in [0.1, 0.15) is 5.82 Å². The van der Waals surface area contributed by atoms with Crippen LogP contribution in [0.5, 0.6) is 0 Å². The molecule has 0 radical (unpaired) electrons. The number of anilines is 2. The first-order valence-corrected chi connectivity index (χ1v) is 6.04. The number of nitrogens with zero attached hydrogens (tertiary/aromatic N) is 3. The molecule has 1 aromatic rings. The van der Waals surface area contributed by atoms with Gasteiger partial charge in [0.2, 0.25) is 5.95 Å². The number of aromatic nitrogens is 2. The Bertz CT molecular complexity index is 448. The second-order valence-corrected chi connectivity index (χ2v) is 4.69. The second-order valence-electron chi connectivity index (χ2n) is 4.69. The lowest BCUT2D eigenvalue weighted by Crippen LogP contribution is -2.27. The predicted octanol–water partition coefficient (Wildman–Crippen LogP) is 1.09. The van der Waals surface area contributed by atoms with Crippen LogP contribution in [0.1, 0.15) is 18.5 Å². The van der Waals surface area contributed by atoms with Crippen LogP contribution >= 0.6 is 0 Å². The molecule has 0 spiro atoms. The van der Waals surface area contributed by atoms with Gasteiger partial charge in [0.15, 0.2) is 0 Å². The Kier molecular flexibility index (Phi) is 3.79. The van der Waals surface area contributed by atoms with Crippen LogP contribution in [0, 0.1) is 0 Å². The number of hydrogen-bond donors (Lipinski definition) is 2. The zero-order valence-corrected chi connectivity index (χ0v) is 10.3. The molecule has 5 nitrogen and oxygen atoms in total. The fraction of sp³-hybridized carbons (Fsp3) is 0.636. The van der Waals surface area contributed by atoms with E-state index in [1.807, 2.05) is 4.90 Å². The summed E-state index contributed by atoms with van der Waals surface area (Å²) in [6.45, 7) is 1.37. The molecule has 0 bridgehead atoms. The standard InChI is InChI=1S/C11H16F3N5/c12-11(13,14)3-1-8-5-9(18-10(16)17-8)19-4-2-7(15)6-19/h5,7H,1-4,6,15H2,(H2,16,17,18). The lowest BCUT2D eigenvalue weighted by molar-refractivity contribution is -0.134. The summed E-state index contributed by atoms with van der Waals surface area (Å²) in [6, 6.07) is 1.62. The molecule has 0 saturated carbocycles. The van der Waals surface area contributed by atoms with E-state index in [4.69, 9.17) is 11.5 Å². The Hall–Kier alpha value is -1.57. The van der Waals surface area contributed by atoms with E-state index >= 15 is 0 Å². The Morgan fingerprint density at radius 2 is 2.11 bits per heavy atom. The maximum atomic E-state index is 12.2. The normalized spacial score (nSPS) is 20.0. The average Bonchev–Trinajstić information content (AvgIpc) is 2.72. The molecule has 1 aromatic heterocycles. The first-order valence-electron chi connectivity index (χ1n) is 6.04. The molecule has 106 valence electrons. The van der Waals surface area contributed by atoms with Crippen molar-refractivity contribution in [2.45, 2.75) is 31.5 Å². The van der Waals surface area contributed by atoms with E-state index in [2.05, 4.69) is 9.97 Å². The van der Waals surface area contributed by atoms with Gasteiger partial charge in [-0.05, 0) is 12.8 Å². The number of halogens is 3. The largest absolute Gasteiger partial charge is 0.389 e. The summed E-state index contributed by atoms with van der Waals surface area (Å²) in [5.74, 6) is 0.549. The van der Waals surface area contributed by atoms with Crippen LogP contribution in [-0.2, 0) is 6.42 Å². The summed E-state index contributed by atoms with van der Waals surface area (Å²) < 4.78 is 36.6. The lowest BCUT2D eigenvalue weighted by atomic mass is 10.2. The van der Waals surface area contributed by atoms with E-state index in [-0.39, 0.29) is 18.4 Å². The maximum absolute atomic E-state index is 12.2. The van der Waals surface area contributed by atoms with Gasteiger partial charge in [-0.15, -0.1) is 0 Å². The first kappa shape index (κ1) is 13.9. The molecule has 1 aliphatic rings. The maximum Gasteiger partial charge on any atom is 0.389 e. The third-order valence-electron chi connectivity index (χ3n) is 3.00. The van der Waals surface area contributed by atoms with Crippen LogP contribution in [0.4, 0.5) is 24.9 Å². The van der Waals surface area contributed by atoms with Crippen molar-refractivity contribution >= 4 is 11.8 Å². The van der Waals surface area contributed by atoms with Crippen LogP contribution in [0.3, 0.4) is 0 Å². The monoisotopic (exact) mass is 275 g/mol. The number of aryl methyl sites for hydroxylation is 1. The Labute approximate surface area is 108 Å². The highest BCUT2D eigenvalue weighted by atomic mass is 19.4. The molecule has 2 heterocycles. The van der Waals surface area contributed by atoms with Crippen LogP contribution in [0.15, 0.2) is 6.07 Å². The van der Waals surface area contributed by atoms with Crippen LogP contribution in [0.2, 0.25) is 0 Å². The summed E-state index contributed by atoms with van der Waals surface area (Å²) >= 11 is 0. The van der Waals surface area contributed by atoms with E-state index in [9.17, 15) is 13.2 Å². The summed E-state index contributed by atoms with van der Waals surface area (Å²) in [5, 5.41) is 0. The predicted molar refractivity (Wildman–Crippen MR) is 65.6 cm³/mol. The Balaban J connectivity index is 2.11. The minimum atomic E-state index is -4.20. The first-order chi connectivity index (χ1) is 8.83. The number of hydrogen-bond acceptors (Lipinski definition) is 5. The van der Waals surface area contributed by atoms with Crippen molar-refractivity contribution in [1.82, 2.24) is 9.97 Å². The molecular weight excluding hydrogens is 259 g/mol. The quantitative estimate of drug-likeness (QED) is 0.863. The third-order valence-corrected chi connectivity index (χ3v) is 3.00. The van der Waals surface area contributed by atoms with Crippen LogP contribution in [-0.4, -0.2) is 35.3 Å². The second kappa shape index (κ2) is 5.20. The lowest BCUT2D eigenvalue weighted by Gasteiger charge is -2.18. The number of nitrogens with two attached hydrogens (primary N) is 2. The van der Waals surface area contributed by atoms with Gasteiger partial charge < -0.3 is 16.4 Å². The zero-order chi connectivity index (χ0) is 14.0. The number of nitrogen functional groups attached to an aromatic ring is 1. The van der Waals surface area contributed by atoms with E-state index < -0.39 is 12.6 Å². The average molecular weight is 275 g/mol. The van der Waals surface area contributed by atoms with Gasteiger partial charge in [-0.3, -0.25) is 0 Å². The smallest absolute Gasteiger partial charge is 0.368 e. The van der Waals surface area contributed by atoms with Gasteiger partial charge in [-0.1, -0.05) is 0 Å². The molecule has 19 heavy (non-hydrogen) atoms. The zero-order valence-electron chi connectivity index (χ0n) is 10.3. The third kappa shape index (κ3) is 3.95. The van der Waals surface area contributed by atoms with Gasteiger partial charge >= 0.3 is 6.18 Å². The van der Waals surface area contributed by atoms with Crippen molar-refractivity contribution in [3.63, 3.8) is 0 Å². The summed E-state index contributed by atoms with van der Waals surface area (Å²) in [4.78, 5) is 9.80. The fourth-order valence-corrected chi connectivity index (χ4v) is 2.06. The molecular formula is C11H16F3N5. The number of rotatable bonds is 3. The highest BCUT2D eigenvalue weighted by molar-refractivity contribution is 5.44. The molecule has 2 rings (SSSR count). The molecule has 1 atom stereocenters. The molecule has 0 amide bonds. The molecule has 8 heteroatoms. The molecule has 1 aliphatic heterocycles. The highest BCUT2D eigenvalue weighted by Crippen LogP contribution is 2.24. The molecule has 1 saturated heterocycles. The van der Waals surface area contributed by atoms with Crippen molar-refractivity contribution in [2.75, 3.05) is 23.7 Å². The van der Waals surface area contributed by atoms with E-state index in [0.717, 1.165) is 13.0 Å². The summed E-state index contributed by atoms with van der Waals surface area (Å²) in [6.07, 6.45) is -4.47. The molecule has 1 fully saturated rings. The Morgan fingerprint density at radius 1 is 1.37 bits per heavy atom. The minimum Gasteiger partial charge on any atom is -0.368 e. The van der Waals surface area contributed by atoms with Gasteiger partial charge in [0.05, 0.1) is 0 Å². The van der Waals surface area contributed by atoms with Crippen LogP contribution in [0.25, 0.3) is 0 Å². The Morgan fingerprint density at radius 3 is 2.68 bits per heavy atom. The van der Waals surface area contributed by atoms with Crippen molar-refractivity contribution in [3.05, 3.63) is 11.8 Å². The van der Waals surface area contributed by atoms with E-state index in [1.165, 1.54) is 0 Å². The van der Waals surface area contributed by atoms with Crippen molar-refractivity contribution in [1.29, 1.82) is 0 Å². The minimum absolute atomic E-state index is 0.00449. The van der Waals surface area contributed by atoms with Gasteiger partial charge in [0, 0.05) is 37.3 Å². The van der Waals surface area contributed by atoms with Crippen LogP contribution < -0.4 is 16.4 Å². The van der Waals surface area contributed by atoms with Crippen molar-refractivity contribution < 1.29 is 13.2 Å². The fourth-order valence-electron chi connectivity index (χ4n) is 2.06. The van der Waals surface area contributed by atoms with Crippen molar-refractivity contribution in [3.8, 4) is 0 Å². The van der Waals surface area contributed by atoms with Crippen molar-refractivity contribution in [2.24, 2.45) is 5.73 Å². The highest BCUT2D eigenvalue weighted by Gasteiger charge is 2.27. The topological polar surface area (TPSA) is 81.1 Å². The van der Waals surface area contributed by atoms with Gasteiger partial charge in [0.25, 0.3) is 0 Å². The molecule has 4 N–H and O–H groups in total. The van der Waals surface area contributed by atoms with E-state index in [0.29, 0.717) is 18.1 Å². The summed E-state index contributed by atoms with van der Waals surface area (Å²) in [7, 11) is 0. The summed E-state index contributed by atoms with van der Waals surface area (Å²) in [5.41, 5.74) is 11.6. The SMILES string of the molecule is Nc1nc(CCC(F)(F)F)cc(N2CCC(N)C2)n1. The number of alkyl halides is 3. The van der Waals surface area contributed by atoms with Gasteiger partial charge in [-0.25, -0.2) is 4.98 Å².